The lowest BCUT2D eigenvalue weighted by atomic mass is 10.2. The Kier molecular flexibility index (Phi) is 3.79. The van der Waals surface area contributed by atoms with Gasteiger partial charge >= 0.3 is 0 Å². The van der Waals surface area contributed by atoms with Crippen molar-refractivity contribution >= 4 is 33.7 Å². The third-order valence-electron chi connectivity index (χ3n) is 4.45. The molecular formula is C20H16N6S. The molecule has 0 saturated heterocycles. The zero-order chi connectivity index (χ0) is 18.2. The number of hydrogen-bond acceptors (Lipinski definition) is 6. The van der Waals surface area contributed by atoms with Gasteiger partial charge in [0.05, 0.1) is 16.9 Å². The average molecular weight is 372 g/mol. The fourth-order valence-corrected chi connectivity index (χ4v) is 3.81. The van der Waals surface area contributed by atoms with Crippen molar-refractivity contribution in [1.29, 1.82) is 0 Å². The third-order valence-corrected chi connectivity index (χ3v) is 5.31. The molecule has 0 aliphatic rings. The number of fused-ring (bicyclic) bond motifs is 2. The molecule has 5 rings (SSSR count). The summed E-state index contributed by atoms with van der Waals surface area (Å²) >= 11 is 1.64. The first-order valence-corrected chi connectivity index (χ1v) is 9.48. The molecule has 0 fully saturated rings. The molecule has 27 heavy (non-hydrogen) atoms. The van der Waals surface area contributed by atoms with Gasteiger partial charge in [-0.3, -0.25) is 4.40 Å². The van der Waals surface area contributed by atoms with E-state index >= 15 is 0 Å². The highest BCUT2D eigenvalue weighted by Crippen LogP contribution is 2.29. The van der Waals surface area contributed by atoms with E-state index in [9.17, 15) is 0 Å². The second-order valence-corrected chi connectivity index (χ2v) is 7.21. The van der Waals surface area contributed by atoms with Gasteiger partial charge in [-0.05, 0) is 35.7 Å². The maximum atomic E-state index is 4.87. The van der Waals surface area contributed by atoms with Gasteiger partial charge in [0, 0.05) is 18.6 Å². The van der Waals surface area contributed by atoms with E-state index in [4.69, 9.17) is 9.97 Å². The number of anilines is 1. The number of thiophene rings is 1. The van der Waals surface area contributed by atoms with Gasteiger partial charge in [-0.1, -0.05) is 24.3 Å². The van der Waals surface area contributed by atoms with E-state index in [0.717, 1.165) is 38.9 Å². The lowest BCUT2D eigenvalue weighted by Crippen LogP contribution is -2.20. The smallest absolute Gasteiger partial charge is 0.172 e. The molecule has 0 saturated carbocycles. The number of para-hydroxylation sites is 1. The zero-order valence-electron chi connectivity index (χ0n) is 14.6. The molecule has 0 radical (unpaired) electrons. The topological polar surface area (TPSA) is 59.2 Å². The van der Waals surface area contributed by atoms with Crippen LogP contribution in [-0.4, -0.2) is 31.6 Å². The average Bonchev–Trinajstić information content (AvgIpc) is 3.38. The van der Waals surface area contributed by atoms with Crippen molar-refractivity contribution in [2.75, 3.05) is 11.9 Å². The van der Waals surface area contributed by atoms with E-state index in [1.54, 1.807) is 11.3 Å². The van der Waals surface area contributed by atoms with Gasteiger partial charge in [-0.25, -0.2) is 9.97 Å². The zero-order valence-corrected chi connectivity index (χ0v) is 15.5. The van der Waals surface area contributed by atoms with Crippen LogP contribution in [0, 0.1) is 0 Å². The summed E-state index contributed by atoms with van der Waals surface area (Å²) in [7, 11) is 2.02. The molecule has 0 aliphatic carbocycles. The van der Waals surface area contributed by atoms with Crippen LogP contribution in [0.15, 0.2) is 66.2 Å². The second-order valence-electron chi connectivity index (χ2n) is 6.27. The maximum Gasteiger partial charge on any atom is 0.172 e. The highest BCUT2D eigenvalue weighted by molar-refractivity contribution is 7.13. The van der Waals surface area contributed by atoms with Crippen molar-refractivity contribution in [3.63, 3.8) is 0 Å². The predicted molar refractivity (Wildman–Crippen MR) is 108 cm³/mol. The molecule has 0 N–H and O–H groups in total. The van der Waals surface area contributed by atoms with E-state index in [-0.39, 0.29) is 0 Å². The molecule has 7 heteroatoms. The van der Waals surface area contributed by atoms with Gasteiger partial charge in [0.2, 0.25) is 0 Å². The Balaban J connectivity index is 1.60. The van der Waals surface area contributed by atoms with Crippen LogP contribution in [0.3, 0.4) is 0 Å². The summed E-state index contributed by atoms with van der Waals surface area (Å²) in [5.41, 5.74) is 1.77. The van der Waals surface area contributed by atoms with E-state index < -0.39 is 0 Å². The van der Waals surface area contributed by atoms with E-state index in [2.05, 4.69) is 21.2 Å². The Labute approximate surface area is 159 Å². The number of aromatic nitrogens is 5. The van der Waals surface area contributed by atoms with E-state index in [0.29, 0.717) is 6.54 Å². The van der Waals surface area contributed by atoms with Gasteiger partial charge in [0.1, 0.15) is 5.82 Å². The summed E-state index contributed by atoms with van der Waals surface area (Å²) in [6.07, 6.45) is 1.98. The number of benzene rings is 1. The minimum atomic E-state index is 0.593. The Morgan fingerprint density at radius 1 is 0.963 bits per heavy atom. The van der Waals surface area contributed by atoms with Crippen LogP contribution in [0.1, 0.15) is 5.82 Å². The number of nitrogens with zero attached hydrogens (tertiary/aromatic N) is 6. The summed E-state index contributed by atoms with van der Waals surface area (Å²) < 4.78 is 2.00. The SMILES string of the molecule is CN(Cc1nnc2ccccn12)c1nc(-c2cccs2)nc2ccccc12. The van der Waals surface area contributed by atoms with Crippen LogP contribution < -0.4 is 4.90 Å². The molecule has 132 valence electrons. The van der Waals surface area contributed by atoms with Crippen LogP contribution >= 0.6 is 11.3 Å². The molecule has 0 bridgehead atoms. The molecule has 0 spiro atoms. The first-order valence-electron chi connectivity index (χ1n) is 8.60. The van der Waals surface area contributed by atoms with Crippen LogP contribution in [0.25, 0.3) is 27.3 Å². The predicted octanol–water partition coefficient (Wildman–Crippen LogP) is 4.04. The Morgan fingerprint density at radius 3 is 2.74 bits per heavy atom. The first-order chi connectivity index (χ1) is 13.3. The molecule has 0 unspecified atom stereocenters. The van der Waals surface area contributed by atoms with Gasteiger partial charge in [-0.2, -0.15) is 0 Å². The van der Waals surface area contributed by atoms with Crippen molar-refractivity contribution in [3.05, 3.63) is 72.0 Å². The quantitative estimate of drug-likeness (QED) is 0.477. The largest absolute Gasteiger partial charge is 0.351 e. The highest BCUT2D eigenvalue weighted by Gasteiger charge is 2.15. The number of pyridine rings is 1. The van der Waals surface area contributed by atoms with Gasteiger partial charge in [0.25, 0.3) is 0 Å². The Morgan fingerprint density at radius 2 is 1.85 bits per heavy atom. The highest BCUT2D eigenvalue weighted by atomic mass is 32.1. The maximum absolute atomic E-state index is 4.87. The summed E-state index contributed by atoms with van der Waals surface area (Å²) in [4.78, 5) is 12.8. The fourth-order valence-electron chi connectivity index (χ4n) is 3.15. The van der Waals surface area contributed by atoms with Crippen molar-refractivity contribution in [1.82, 2.24) is 24.6 Å². The number of hydrogen-bond donors (Lipinski definition) is 0. The normalized spacial score (nSPS) is 11.3. The lowest BCUT2D eigenvalue weighted by molar-refractivity contribution is 0.812. The fraction of sp³-hybridized carbons (Fsp3) is 0.100. The molecular weight excluding hydrogens is 356 g/mol. The van der Waals surface area contributed by atoms with E-state index in [1.807, 2.05) is 71.6 Å². The molecule has 0 aliphatic heterocycles. The van der Waals surface area contributed by atoms with E-state index in [1.165, 1.54) is 0 Å². The molecule has 0 atom stereocenters. The monoisotopic (exact) mass is 372 g/mol. The third kappa shape index (κ3) is 2.82. The second kappa shape index (κ2) is 6.44. The van der Waals surface area contributed by atoms with Crippen LogP contribution in [0.4, 0.5) is 5.82 Å². The van der Waals surface area contributed by atoms with Gasteiger partial charge < -0.3 is 4.90 Å². The molecule has 4 heterocycles. The summed E-state index contributed by atoms with van der Waals surface area (Å²) in [5, 5.41) is 11.6. The molecule has 0 amide bonds. The van der Waals surface area contributed by atoms with Crippen LogP contribution in [0.5, 0.6) is 0 Å². The van der Waals surface area contributed by atoms with Crippen molar-refractivity contribution in [3.8, 4) is 10.7 Å². The minimum Gasteiger partial charge on any atom is -0.351 e. The summed E-state index contributed by atoms with van der Waals surface area (Å²) in [5.74, 6) is 2.50. The molecule has 1 aromatic carbocycles. The van der Waals surface area contributed by atoms with Crippen LogP contribution in [0.2, 0.25) is 0 Å². The first kappa shape index (κ1) is 15.9. The molecule has 4 aromatic heterocycles. The standard InChI is InChI=1S/C20H16N6S/c1-25(13-18-24-23-17-10-4-5-11-26(17)18)20-14-7-2-3-8-15(14)21-19(22-20)16-9-6-12-27-16/h2-12H,13H2,1H3. The molecule has 5 aromatic rings. The van der Waals surface area contributed by atoms with Gasteiger partial charge in [0.15, 0.2) is 17.3 Å². The summed E-state index contributed by atoms with van der Waals surface area (Å²) in [6, 6.07) is 18.1. The van der Waals surface area contributed by atoms with Crippen molar-refractivity contribution in [2.45, 2.75) is 6.54 Å². The van der Waals surface area contributed by atoms with Crippen molar-refractivity contribution in [2.24, 2.45) is 0 Å². The van der Waals surface area contributed by atoms with Crippen molar-refractivity contribution < 1.29 is 0 Å². The van der Waals surface area contributed by atoms with Gasteiger partial charge in [-0.15, -0.1) is 21.5 Å². The lowest BCUT2D eigenvalue weighted by Gasteiger charge is -2.19. The Bertz CT molecular complexity index is 1230. The number of rotatable bonds is 4. The van der Waals surface area contributed by atoms with Crippen LogP contribution in [-0.2, 0) is 6.54 Å². The minimum absolute atomic E-state index is 0.593. The Hall–Kier alpha value is -3.32. The summed E-state index contributed by atoms with van der Waals surface area (Å²) in [6.45, 7) is 0.593. The molecule has 6 nitrogen and oxygen atoms in total.